The first kappa shape index (κ1) is 18.7. The Morgan fingerprint density at radius 1 is 0.833 bits per heavy atom. The van der Waals surface area contributed by atoms with Crippen LogP contribution in [-0.4, -0.2) is 20.1 Å². The van der Waals surface area contributed by atoms with Crippen LogP contribution in [0.5, 0.6) is 5.75 Å². The van der Waals surface area contributed by atoms with Crippen LogP contribution in [0.15, 0.2) is 12.1 Å². The van der Waals surface area contributed by atoms with Crippen LogP contribution in [0.25, 0.3) is 0 Å². The molecule has 24 heavy (non-hydrogen) atoms. The molecule has 1 aromatic heterocycles. The lowest BCUT2D eigenvalue weighted by Gasteiger charge is -2.28. The lowest BCUT2D eigenvalue weighted by molar-refractivity contribution is 0.423. The van der Waals surface area contributed by atoms with E-state index in [0.717, 1.165) is 16.8 Å². The standard InChI is InChI=1S/C17H22Cl2N4O/c1-16(2,3)10-7-9(8-11(12(10)24)17(4,5)6)20-15-22-13(18)21-14(19)23-15/h7-8,24H,1-6H3,(H,20,21,22,23). The largest absolute Gasteiger partial charge is 0.507 e. The van der Waals surface area contributed by atoms with E-state index in [-0.39, 0.29) is 27.3 Å². The molecule has 0 aliphatic rings. The second-order valence-electron chi connectivity index (χ2n) is 7.74. The summed E-state index contributed by atoms with van der Waals surface area (Å²) in [4.78, 5) is 11.8. The number of halogens is 2. The Hall–Kier alpha value is -1.59. The number of nitrogens with one attached hydrogen (secondary N) is 1. The number of aromatic hydroxyl groups is 1. The van der Waals surface area contributed by atoms with Crippen molar-refractivity contribution in [2.24, 2.45) is 0 Å². The van der Waals surface area contributed by atoms with Crippen LogP contribution in [0.1, 0.15) is 52.7 Å². The van der Waals surface area contributed by atoms with Crippen molar-refractivity contribution >= 4 is 34.8 Å². The third-order valence-electron chi connectivity index (χ3n) is 3.56. The van der Waals surface area contributed by atoms with E-state index >= 15 is 0 Å². The van der Waals surface area contributed by atoms with Gasteiger partial charge in [0, 0.05) is 16.8 Å². The molecule has 130 valence electrons. The average Bonchev–Trinajstić information content (AvgIpc) is 2.36. The van der Waals surface area contributed by atoms with E-state index in [0.29, 0.717) is 5.75 Å². The molecule has 2 rings (SSSR count). The topological polar surface area (TPSA) is 70.9 Å². The number of rotatable bonds is 2. The highest BCUT2D eigenvalue weighted by Crippen LogP contribution is 2.41. The van der Waals surface area contributed by atoms with E-state index in [1.54, 1.807) is 0 Å². The molecular weight excluding hydrogens is 347 g/mol. The molecule has 0 aliphatic carbocycles. The zero-order valence-corrected chi connectivity index (χ0v) is 16.2. The molecule has 0 bridgehead atoms. The van der Waals surface area contributed by atoms with Gasteiger partial charge in [0.2, 0.25) is 16.5 Å². The van der Waals surface area contributed by atoms with Crippen LogP contribution in [0, 0.1) is 0 Å². The first-order valence-electron chi connectivity index (χ1n) is 7.60. The van der Waals surface area contributed by atoms with Crippen LogP contribution in [0.2, 0.25) is 10.6 Å². The van der Waals surface area contributed by atoms with E-state index in [2.05, 4.69) is 61.8 Å². The summed E-state index contributed by atoms with van der Waals surface area (Å²) in [6, 6.07) is 3.77. The molecule has 2 aromatic rings. The van der Waals surface area contributed by atoms with Gasteiger partial charge < -0.3 is 10.4 Å². The Labute approximate surface area is 152 Å². The summed E-state index contributed by atoms with van der Waals surface area (Å²) in [6.07, 6.45) is 0. The third kappa shape index (κ3) is 4.28. The van der Waals surface area contributed by atoms with Crippen molar-refractivity contribution in [2.45, 2.75) is 52.4 Å². The Morgan fingerprint density at radius 3 is 1.62 bits per heavy atom. The highest BCUT2D eigenvalue weighted by atomic mass is 35.5. The summed E-state index contributed by atoms with van der Waals surface area (Å²) in [5, 5.41) is 13.9. The Kier molecular flexibility index (Phi) is 4.98. The number of anilines is 2. The molecule has 7 heteroatoms. The van der Waals surface area contributed by atoms with Gasteiger partial charge in [-0.2, -0.15) is 15.0 Å². The fourth-order valence-electron chi connectivity index (χ4n) is 2.36. The highest BCUT2D eigenvalue weighted by Gasteiger charge is 2.26. The van der Waals surface area contributed by atoms with Crippen molar-refractivity contribution < 1.29 is 5.11 Å². The predicted octanol–water partition coefficient (Wildman–Crippen LogP) is 5.22. The molecule has 0 saturated heterocycles. The lowest BCUT2D eigenvalue weighted by atomic mass is 9.79. The molecule has 0 saturated carbocycles. The van der Waals surface area contributed by atoms with Gasteiger partial charge in [0.25, 0.3) is 0 Å². The Bertz CT molecular complexity index is 709. The molecule has 5 nitrogen and oxygen atoms in total. The van der Waals surface area contributed by atoms with Crippen LogP contribution >= 0.6 is 23.2 Å². The minimum atomic E-state index is -0.226. The lowest BCUT2D eigenvalue weighted by Crippen LogP contribution is -2.17. The molecule has 0 atom stereocenters. The fraction of sp³-hybridized carbons (Fsp3) is 0.471. The predicted molar refractivity (Wildman–Crippen MR) is 98.6 cm³/mol. The number of phenols is 1. The van der Waals surface area contributed by atoms with Gasteiger partial charge in [0.05, 0.1) is 0 Å². The van der Waals surface area contributed by atoms with Gasteiger partial charge in [0.15, 0.2) is 0 Å². The number of nitrogens with zero attached hydrogens (tertiary/aromatic N) is 3. The molecule has 1 aromatic carbocycles. The smallest absolute Gasteiger partial charge is 0.232 e. The van der Waals surface area contributed by atoms with E-state index in [1.165, 1.54) is 0 Å². The normalized spacial score (nSPS) is 12.3. The molecule has 0 aliphatic heterocycles. The monoisotopic (exact) mass is 368 g/mol. The van der Waals surface area contributed by atoms with Gasteiger partial charge in [-0.05, 0) is 46.2 Å². The van der Waals surface area contributed by atoms with Crippen LogP contribution in [0.4, 0.5) is 11.6 Å². The van der Waals surface area contributed by atoms with E-state index in [9.17, 15) is 5.11 Å². The summed E-state index contributed by atoms with van der Waals surface area (Å²) >= 11 is 11.6. The van der Waals surface area contributed by atoms with Crippen molar-refractivity contribution in [1.29, 1.82) is 0 Å². The van der Waals surface area contributed by atoms with Crippen molar-refractivity contribution in [3.05, 3.63) is 33.8 Å². The van der Waals surface area contributed by atoms with Crippen molar-refractivity contribution in [2.75, 3.05) is 5.32 Å². The molecule has 1 heterocycles. The first-order chi connectivity index (χ1) is 10.9. The number of hydrogen-bond donors (Lipinski definition) is 2. The average molecular weight is 369 g/mol. The number of hydrogen-bond acceptors (Lipinski definition) is 5. The van der Waals surface area contributed by atoms with E-state index < -0.39 is 0 Å². The van der Waals surface area contributed by atoms with Gasteiger partial charge in [-0.15, -0.1) is 0 Å². The molecule has 0 fully saturated rings. The highest BCUT2D eigenvalue weighted by molar-refractivity contribution is 6.31. The Morgan fingerprint density at radius 2 is 1.25 bits per heavy atom. The molecule has 2 N–H and O–H groups in total. The fourth-order valence-corrected chi connectivity index (χ4v) is 2.72. The molecule has 0 spiro atoms. The van der Waals surface area contributed by atoms with Crippen molar-refractivity contribution in [1.82, 2.24) is 15.0 Å². The van der Waals surface area contributed by atoms with Crippen molar-refractivity contribution in [3.63, 3.8) is 0 Å². The quantitative estimate of drug-likeness (QED) is 0.710. The summed E-state index contributed by atoms with van der Waals surface area (Å²) < 4.78 is 0. The molecule has 0 amide bonds. The minimum Gasteiger partial charge on any atom is -0.507 e. The first-order valence-corrected chi connectivity index (χ1v) is 8.35. The van der Waals surface area contributed by atoms with Crippen LogP contribution in [-0.2, 0) is 10.8 Å². The minimum absolute atomic E-state index is 0.0170. The van der Waals surface area contributed by atoms with Gasteiger partial charge in [-0.25, -0.2) is 0 Å². The number of benzene rings is 1. The second-order valence-corrected chi connectivity index (χ2v) is 8.42. The third-order valence-corrected chi connectivity index (χ3v) is 3.90. The molecule has 0 radical (unpaired) electrons. The zero-order valence-electron chi connectivity index (χ0n) is 14.7. The SMILES string of the molecule is CC(C)(C)c1cc(Nc2nc(Cl)nc(Cl)n2)cc(C(C)(C)C)c1O. The van der Waals surface area contributed by atoms with Gasteiger partial charge in [0.1, 0.15) is 5.75 Å². The Balaban J connectivity index is 2.58. The summed E-state index contributed by atoms with van der Waals surface area (Å²) in [6.45, 7) is 12.3. The maximum Gasteiger partial charge on any atom is 0.232 e. The maximum absolute atomic E-state index is 10.7. The van der Waals surface area contributed by atoms with Gasteiger partial charge >= 0.3 is 0 Å². The van der Waals surface area contributed by atoms with Crippen LogP contribution < -0.4 is 5.32 Å². The van der Waals surface area contributed by atoms with Crippen LogP contribution in [0.3, 0.4) is 0 Å². The summed E-state index contributed by atoms with van der Waals surface area (Å²) in [5.74, 6) is 0.567. The molecular formula is C17H22Cl2N4O. The second kappa shape index (κ2) is 6.37. The number of phenolic OH excluding ortho intramolecular Hbond substituents is 1. The van der Waals surface area contributed by atoms with Crippen molar-refractivity contribution in [3.8, 4) is 5.75 Å². The summed E-state index contributed by atoms with van der Waals surface area (Å²) in [5.41, 5.74) is 1.97. The van der Waals surface area contributed by atoms with E-state index in [1.807, 2.05) is 12.1 Å². The van der Waals surface area contributed by atoms with Gasteiger partial charge in [-0.1, -0.05) is 41.5 Å². The van der Waals surface area contributed by atoms with Gasteiger partial charge in [-0.3, -0.25) is 0 Å². The number of aromatic nitrogens is 3. The maximum atomic E-state index is 10.7. The van der Waals surface area contributed by atoms with E-state index in [4.69, 9.17) is 23.2 Å². The zero-order chi connectivity index (χ0) is 18.3. The molecule has 0 unspecified atom stereocenters. The summed E-state index contributed by atoms with van der Waals surface area (Å²) in [7, 11) is 0.